The van der Waals surface area contributed by atoms with E-state index in [1.165, 1.54) is 5.39 Å². The number of carboxylic acids is 1. The van der Waals surface area contributed by atoms with E-state index in [9.17, 15) is 9.59 Å². The monoisotopic (exact) mass is 918 g/mol. The molecule has 6 aromatic rings. The third kappa shape index (κ3) is 12.6. The number of carboxylic acid groups (broad SMARTS) is 1. The van der Waals surface area contributed by atoms with Crippen molar-refractivity contribution < 1.29 is 14.7 Å². The number of carbonyl (C=O) groups is 2. The van der Waals surface area contributed by atoms with Gasteiger partial charge in [-0.25, -0.2) is 0 Å². The second-order valence-corrected chi connectivity index (χ2v) is 15.8. The molecule has 2 N–H and O–H groups in total. The number of halogens is 6. The molecule has 0 radical (unpaired) electrons. The molecule has 0 aliphatic rings. The Labute approximate surface area is 345 Å². The molecule has 2 aromatic heterocycles. The van der Waals surface area contributed by atoms with Crippen LogP contribution < -0.4 is 0 Å². The minimum Gasteiger partial charge on any atom is -0.480 e. The van der Waals surface area contributed by atoms with E-state index in [2.05, 4.69) is 55.1 Å². The molecule has 7 nitrogen and oxygen atoms in total. The van der Waals surface area contributed by atoms with Gasteiger partial charge in [-0.2, -0.15) is 0 Å². The summed E-state index contributed by atoms with van der Waals surface area (Å²) >= 11 is 31.0. The van der Waals surface area contributed by atoms with Gasteiger partial charge in [-0.3, -0.25) is 19.1 Å². The van der Waals surface area contributed by atoms with E-state index >= 15 is 0 Å². The van der Waals surface area contributed by atoms with Crippen LogP contribution in [0.1, 0.15) is 27.0 Å². The second-order valence-electron chi connectivity index (χ2n) is 12.3. The highest BCUT2D eigenvalue weighted by Crippen LogP contribution is 2.29. The molecule has 0 aliphatic carbocycles. The van der Waals surface area contributed by atoms with Crippen molar-refractivity contribution in [2.75, 3.05) is 41.3 Å². The largest absolute Gasteiger partial charge is 0.480 e. The molecule has 6 rings (SSSR count). The molecule has 0 spiro atoms. The van der Waals surface area contributed by atoms with Crippen LogP contribution in [-0.4, -0.2) is 77.6 Å². The maximum Gasteiger partial charge on any atom is 0.317 e. The highest BCUT2D eigenvalue weighted by atomic mass is 79.9. The van der Waals surface area contributed by atoms with E-state index in [4.69, 9.17) is 51.5 Å². The maximum atomic E-state index is 12.6. The van der Waals surface area contributed by atoms with Crippen LogP contribution >= 0.6 is 78.3 Å². The van der Waals surface area contributed by atoms with E-state index < -0.39 is 5.97 Å². The van der Waals surface area contributed by atoms with E-state index in [1.54, 1.807) is 35.7 Å². The van der Waals surface area contributed by atoms with Crippen molar-refractivity contribution >= 4 is 136 Å². The molecule has 0 fully saturated rings. The maximum absolute atomic E-state index is 12.6. The molecule has 276 valence electrons. The van der Waals surface area contributed by atoms with E-state index in [0.29, 0.717) is 26.6 Å². The van der Waals surface area contributed by atoms with Crippen LogP contribution in [0, 0.1) is 0 Å². The number of H-pyrrole nitrogens is 1. The van der Waals surface area contributed by atoms with Crippen molar-refractivity contribution in [2.24, 2.45) is 0 Å². The molecule has 0 saturated heterocycles. The van der Waals surface area contributed by atoms with Crippen molar-refractivity contribution in [2.45, 2.75) is 0 Å². The average Bonchev–Trinajstić information content (AvgIpc) is 3.66. The van der Waals surface area contributed by atoms with Crippen LogP contribution in [0.15, 0.2) is 94.1 Å². The Morgan fingerprint density at radius 2 is 1.21 bits per heavy atom. The first-order chi connectivity index (χ1) is 25.1. The zero-order valence-corrected chi connectivity index (χ0v) is 35.4. The van der Waals surface area contributed by atoms with E-state index in [-0.39, 0.29) is 12.5 Å². The second kappa shape index (κ2) is 19.8. The number of benzene rings is 4. The SMILES string of the molecule is CN(C)CC(=O)O.CN(C)CC(=O)n1cc(/C=C/c2ccc(Cl)c(Cl)c2)c2cc(Br)ccc21.Clc1ccc(/C=C/c2c[nH]c3ccc(Br)cc23)cc1Cl. The number of fused-ring (bicyclic) bond motifs is 2. The van der Waals surface area contributed by atoms with Gasteiger partial charge >= 0.3 is 5.97 Å². The number of likely N-dealkylation sites (N-methyl/N-ethyl adjacent to an activating group) is 2. The predicted octanol–water partition coefficient (Wildman–Crippen LogP) is 12.1. The van der Waals surface area contributed by atoms with Gasteiger partial charge in [-0.1, -0.05) is 115 Å². The summed E-state index contributed by atoms with van der Waals surface area (Å²) in [5, 5.41) is 12.4. The molecule has 13 heteroatoms. The summed E-state index contributed by atoms with van der Waals surface area (Å²) < 4.78 is 3.73. The Balaban J connectivity index is 0.000000205. The fraction of sp³-hybridized carbons (Fsp3) is 0.150. The van der Waals surface area contributed by atoms with Gasteiger partial charge in [0.1, 0.15) is 0 Å². The molecule has 0 atom stereocenters. The van der Waals surface area contributed by atoms with Crippen LogP contribution in [0.25, 0.3) is 46.1 Å². The molecular weight excluding hydrogens is 886 g/mol. The van der Waals surface area contributed by atoms with Crippen molar-refractivity contribution in [1.29, 1.82) is 0 Å². The normalized spacial score (nSPS) is 11.4. The third-order valence-electron chi connectivity index (χ3n) is 7.44. The van der Waals surface area contributed by atoms with Crippen LogP contribution in [0.3, 0.4) is 0 Å². The molecule has 2 heterocycles. The van der Waals surface area contributed by atoms with Gasteiger partial charge in [0.05, 0.1) is 38.7 Å². The lowest BCUT2D eigenvalue weighted by Gasteiger charge is -2.09. The lowest BCUT2D eigenvalue weighted by molar-refractivity contribution is -0.137. The van der Waals surface area contributed by atoms with Gasteiger partial charge in [0.2, 0.25) is 5.91 Å². The zero-order chi connectivity index (χ0) is 38.8. The topological polar surface area (TPSA) is 81.6 Å². The first kappa shape index (κ1) is 42.4. The minimum atomic E-state index is -0.787. The quantitative estimate of drug-likeness (QED) is 0.159. The smallest absolute Gasteiger partial charge is 0.317 e. The highest BCUT2D eigenvalue weighted by molar-refractivity contribution is 9.10. The van der Waals surface area contributed by atoms with Crippen molar-refractivity contribution in [3.05, 3.63) is 136 Å². The van der Waals surface area contributed by atoms with Crippen LogP contribution in [0.5, 0.6) is 0 Å². The van der Waals surface area contributed by atoms with Gasteiger partial charge in [-0.15, -0.1) is 0 Å². The summed E-state index contributed by atoms with van der Waals surface area (Å²) in [5.41, 5.74) is 6.04. The van der Waals surface area contributed by atoms with Gasteiger partial charge in [-0.05, 0) is 106 Å². The lowest BCUT2D eigenvalue weighted by Crippen LogP contribution is -2.25. The number of aliphatic carboxylic acids is 1. The average molecular weight is 922 g/mol. The van der Waals surface area contributed by atoms with Gasteiger partial charge in [0, 0.05) is 43.2 Å². The Morgan fingerprint density at radius 1 is 0.679 bits per heavy atom. The van der Waals surface area contributed by atoms with Crippen molar-refractivity contribution in [3.63, 3.8) is 0 Å². The Kier molecular flexibility index (Phi) is 15.8. The van der Waals surface area contributed by atoms with Crippen LogP contribution in [0.4, 0.5) is 0 Å². The number of nitrogens with one attached hydrogen (secondary N) is 1. The summed E-state index contributed by atoms with van der Waals surface area (Å²) in [7, 11) is 7.19. The minimum absolute atomic E-state index is 0.0245. The molecule has 0 bridgehead atoms. The number of carbonyl (C=O) groups excluding carboxylic acids is 1. The summed E-state index contributed by atoms with van der Waals surface area (Å²) in [6.45, 7) is 0.454. The number of hydrogen-bond donors (Lipinski definition) is 2. The summed E-state index contributed by atoms with van der Waals surface area (Å²) in [6, 6.07) is 23.1. The number of rotatable bonds is 8. The first-order valence-corrected chi connectivity index (χ1v) is 19.1. The Hall–Kier alpha value is -3.38. The Morgan fingerprint density at radius 3 is 1.72 bits per heavy atom. The summed E-state index contributed by atoms with van der Waals surface area (Å²) in [6.07, 6.45) is 11.9. The molecular formula is C40H36Br2Cl4N4O3. The van der Waals surface area contributed by atoms with Crippen molar-refractivity contribution in [1.82, 2.24) is 19.4 Å². The molecule has 0 amide bonds. The fourth-order valence-corrected chi connectivity index (χ4v) is 6.38. The van der Waals surface area contributed by atoms with Gasteiger partial charge in [0.15, 0.2) is 0 Å². The van der Waals surface area contributed by atoms with Gasteiger partial charge < -0.3 is 15.0 Å². The molecule has 0 aliphatic heterocycles. The number of hydrogen-bond acceptors (Lipinski definition) is 4. The first-order valence-electron chi connectivity index (χ1n) is 16.0. The van der Waals surface area contributed by atoms with E-state index in [1.807, 2.05) is 98.1 Å². The molecule has 53 heavy (non-hydrogen) atoms. The summed E-state index contributed by atoms with van der Waals surface area (Å²) in [4.78, 5) is 29.1. The predicted molar refractivity (Wildman–Crippen MR) is 232 cm³/mol. The lowest BCUT2D eigenvalue weighted by atomic mass is 10.1. The molecule has 0 unspecified atom stereocenters. The molecule has 0 saturated carbocycles. The van der Waals surface area contributed by atoms with Crippen LogP contribution in [0.2, 0.25) is 20.1 Å². The Bertz CT molecular complexity index is 2300. The third-order valence-corrected chi connectivity index (χ3v) is 9.91. The van der Waals surface area contributed by atoms with Crippen LogP contribution in [-0.2, 0) is 4.79 Å². The fourth-order valence-electron chi connectivity index (χ4n) is 5.04. The zero-order valence-electron chi connectivity index (χ0n) is 29.2. The summed E-state index contributed by atoms with van der Waals surface area (Å²) in [5.74, 6) is -0.762. The van der Waals surface area contributed by atoms with Crippen molar-refractivity contribution in [3.8, 4) is 0 Å². The number of aromatic amines is 1. The highest BCUT2D eigenvalue weighted by Gasteiger charge is 2.14. The van der Waals surface area contributed by atoms with Gasteiger partial charge in [0.25, 0.3) is 0 Å². The number of nitrogens with zero attached hydrogens (tertiary/aromatic N) is 3. The standard InChI is InChI=1S/C20H17BrCl2N2O.C16H10BrCl2N.C4H9NO2/c1-24(2)12-20(26)25-11-14(16-10-15(21)6-8-19(16)25)5-3-13-4-7-17(22)18(23)9-13;17-12-4-6-16-13(8-12)11(9-20-16)3-1-10-2-5-14(18)15(19)7-10;1-5(2)3-4(6)7/h3-11H,12H2,1-2H3;1-9,20H;3H2,1-2H3,(H,6,7)/b5-3+;3-1+;. The molecule has 4 aromatic carbocycles. The number of aromatic nitrogens is 2. The van der Waals surface area contributed by atoms with E-state index in [0.717, 1.165) is 47.6 Å².